The van der Waals surface area contributed by atoms with Crippen molar-refractivity contribution in [2.45, 2.75) is 13.2 Å². The lowest BCUT2D eigenvalue weighted by atomic mass is 10.5. The van der Waals surface area contributed by atoms with E-state index >= 15 is 0 Å². The molecule has 1 unspecified atom stereocenters. The fourth-order valence-electron chi connectivity index (χ4n) is 0.248. The van der Waals surface area contributed by atoms with Gasteiger partial charge in [0.25, 0.3) is 0 Å². The van der Waals surface area contributed by atoms with Gasteiger partial charge in [0.05, 0.1) is 6.54 Å². The maximum atomic E-state index is 10.1. The predicted octanol–water partition coefficient (Wildman–Crippen LogP) is -1.60. The van der Waals surface area contributed by atoms with Crippen LogP contribution in [0.4, 0.5) is 0 Å². The van der Waals surface area contributed by atoms with Gasteiger partial charge in [-0.25, -0.2) is 0 Å². The molecule has 0 bridgehead atoms. The number of amides is 1. The van der Waals surface area contributed by atoms with E-state index < -0.39 is 6.23 Å². The van der Waals surface area contributed by atoms with Crippen molar-refractivity contribution in [1.82, 2.24) is 5.32 Å². The van der Waals surface area contributed by atoms with E-state index in [1.54, 1.807) is 0 Å². The number of aliphatic hydroxyl groups excluding tert-OH is 1. The van der Waals surface area contributed by atoms with Crippen molar-refractivity contribution in [2.24, 2.45) is 5.73 Å². The van der Waals surface area contributed by atoms with Crippen LogP contribution in [0.15, 0.2) is 0 Å². The molecule has 0 aromatic heterocycles. The molecule has 0 saturated carbocycles. The summed E-state index contributed by atoms with van der Waals surface area (Å²) >= 11 is 0. The van der Waals surface area contributed by atoms with Gasteiger partial charge in [-0.05, 0) is 0 Å². The molecule has 4 N–H and O–H groups in total. The van der Waals surface area contributed by atoms with Crippen LogP contribution in [0, 0.1) is 0 Å². The van der Waals surface area contributed by atoms with Crippen LogP contribution < -0.4 is 11.1 Å². The van der Waals surface area contributed by atoms with Crippen LogP contribution in [0.25, 0.3) is 0 Å². The van der Waals surface area contributed by atoms with Gasteiger partial charge in [-0.2, -0.15) is 0 Å². The molecule has 0 radical (unpaired) electrons. The molecule has 0 heterocycles. The molecule has 4 heteroatoms. The highest BCUT2D eigenvalue weighted by atomic mass is 16.3. The third kappa shape index (κ3) is 5.39. The van der Waals surface area contributed by atoms with Gasteiger partial charge in [-0.15, -0.1) is 0 Å². The van der Waals surface area contributed by atoms with E-state index in [-0.39, 0.29) is 12.5 Å². The van der Waals surface area contributed by atoms with E-state index in [4.69, 9.17) is 10.8 Å². The van der Waals surface area contributed by atoms with Gasteiger partial charge in [0.2, 0.25) is 5.91 Å². The Morgan fingerprint density at radius 3 is 2.62 bits per heavy atom. The SMILES string of the molecule is CC(=O)NCC(N)O. The molecule has 0 aliphatic carbocycles. The Balaban J connectivity index is 3.05. The molecule has 0 rings (SSSR count). The van der Waals surface area contributed by atoms with Crippen molar-refractivity contribution in [2.75, 3.05) is 6.54 Å². The Hall–Kier alpha value is -0.610. The number of aliphatic hydroxyl groups is 1. The van der Waals surface area contributed by atoms with Crippen molar-refractivity contribution in [3.63, 3.8) is 0 Å². The topological polar surface area (TPSA) is 75.4 Å². The molecular formula is C4H10N2O2. The molecular weight excluding hydrogens is 108 g/mol. The first-order chi connectivity index (χ1) is 3.63. The van der Waals surface area contributed by atoms with E-state index in [0.717, 1.165) is 0 Å². The van der Waals surface area contributed by atoms with Gasteiger partial charge < -0.3 is 16.2 Å². The van der Waals surface area contributed by atoms with Crippen LogP contribution in [0.1, 0.15) is 6.92 Å². The van der Waals surface area contributed by atoms with Crippen LogP contribution in [0.2, 0.25) is 0 Å². The Bertz CT molecular complexity index is 82.1. The summed E-state index contributed by atoms with van der Waals surface area (Å²) in [6.45, 7) is 1.48. The molecule has 0 fully saturated rings. The lowest BCUT2D eigenvalue weighted by molar-refractivity contribution is -0.119. The van der Waals surface area contributed by atoms with Gasteiger partial charge in [-0.3, -0.25) is 4.79 Å². The summed E-state index contributed by atoms with van der Waals surface area (Å²) in [7, 11) is 0. The van der Waals surface area contributed by atoms with Crippen molar-refractivity contribution in [3.8, 4) is 0 Å². The van der Waals surface area contributed by atoms with E-state index in [2.05, 4.69) is 5.32 Å². The quantitative estimate of drug-likeness (QED) is 0.382. The molecule has 0 spiro atoms. The second kappa shape index (κ2) is 3.40. The van der Waals surface area contributed by atoms with Crippen molar-refractivity contribution in [3.05, 3.63) is 0 Å². The maximum absolute atomic E-state index is 10.1. The smallest absolute Gasteiger partial charge is 0.217 e. The van der Waals surface area contributed by atoms with Gasteiger partial charge in [0.15, 0.2) is 0 Å². The van der Waals surface area contributed by atoms with Crippen molar-refractivity contribution >= 4 is 5.91 Å². The summed E-state index contributed by atoms with van der Waals surface area (Å²) < 4.78 is 0. The summed E-state index contributed by atoms with van der Waals surface area (Å²) in [5.74, 6) is -0.186. The molecule has 48 valence electrons. The second-order valence-corrected chi connectivity index (χ2v) is 1.50. The fraction of sp³-hybridized carbons (Fsp3) is 0.750. The first-order valence-corrected chi connectivity index (χ1v) is 2.31. The summed E-state index contributed by atoms with van der Waals surface area (Å²) in [6, 6.07) is 0. The standard InChI is InChI=1S/C4H10N2O2/c1-3(7)6-2-4(5)8/h4,8H,2,5H2,1H3,(H,6,7). The summed E-state index contributed by atoms with van der Waals surface area (Å²) in [5, 5.41) is 10.7. The lowest BCUT2D eigenvalue weighted by Crippen LogP contribution is -2.35. The minimum absolute atomic E-state index is 0.120. The van der Waals surface area contributed by atoms with Crippen LogP contribution in [-0.4, -0.2) is 23.8 Å². The lowest BCUT2D eigenvalue weighted by Gasteiger charge is -2.02. The van der Waals surface area contributed by atoms with Crippen LogP contribution >= 0.6 is 0 Å². The van der Waals surface area contributed by atoms with Crippen LogP contribution in [0.5, 0.6) is 0 Å². The number of nitrogens with two attached hydrogens (primary N) is 1. The number of hydrogen-bond donors (Lipinski definition) is 3. The number of rotatable bonds is 2. The summed E-state index contributed by atoms with van der Waals surface area (Å²) in [4.78, 5) is 10.1. The first kappa shape index (κ1) is 7.39. The minimum Gasteiger partial charge on any atom is -0.377 e. The third-order valence-corrected chi connectivity index (χ3v) is 0.560. The molecule has 8 heavy (non-hydrogen) atoms. The third-order valence-electron chi connectivity index (χ3n) is 0.560. The minimum atomic E-state index is -0.945. The average molecular weight is 118 g/mol. The molecule has 0 saturated heterocycles. The Morgan fingerprint density at radius 1 is 2.00 bits per heavy atom. The fourth-order valence-corrected chi connectivity index (χ4v) is 0.248. The Kier molecular flexibility index (Phi) is 3.14. The van der Waals surface area contributed by atoms with Crippen molar-refractivity contribution < 1.29 is 9.90 Å². The Labute approximate surface area is 47.7 Å². The van der Waals surface area contributed by atoms with Gasteiger partial charge in [0.1, 0.15) is 6.23 Å². The molecule has 1 amide bonds. The largest absolute Gasteiger partial charge is 0.377 e. The highest BCUT2D eigenvalue weighted by Crippen LogP contribution is 1.64. The highest BCUT2D eigenvalue weighted by molar-refractivity contribution is 5.72. The number of hydrogen-bond acceptors (Lipinski definition) is 3. The van der Waals surface area contributed by atoms with E-state index in [0.29, 0.717) is 0 Å². The molecule has 0 aliphatic rings. The van der Waals surface area contributed by atoms with Crippen LogP contribution in [-0.2, 0) is 4.79 Å². The number of nitrogens with one attached hydrogen (secondary N) is 1. The van der Waals surface area contributed by atoms with Gasteiger partial charge >= 0.3 is 0 Å². The van der Waals surface area contributed by atoms with Gasteiger partial charge in [-0.1, -0.05) is 0 Å². The number of carbonyl (C=O) groups excluding carboxylic acids is 1. The zero-order valence-corrected chi connectivity index (χ0v) is 4.72. The van der Waals surface area contributed by atoms with E-state index in [1.807, 2.05) is 0 Å². The summed E-state index contributed by atoms with van der Waals surface area (Å²) in [6.07, 6.45) is -0.945. The second-order valence-electron chi connectivity index (χ2n) is 1.50. The monoisotopic (exact) mass is 118 g/mol. The molecule has 0 aromatic carbocycles. The normalized spacial score (nSPS) is 12.9. The summed E-state index contributed by atoms with van der Waals surface area (Å²) in [5.41, 5.74) is 4.88. The van der Waals surface area contributed by atoms with E-state index in [9.17, 15) is 4.79 Å². The zero-order chi connectivity index (χ0) is 6.57. The van der Waals surface area contributed by atoms with Crippen LogP contribution in [0.3, 0.4) is 0 Å². The zero-order valence-electron chi connectivity index (χ0n) is 4.72. The first-order valence-electron chi connectivity index (χ1n) is 2.31. The Morgan fingerprint density at radius 2 is 2.50 bits per heavy atom. The average Bonchev–Trinajstić information content (AvgIpc) is 1.61. The van der Waals surface area contributed by atoms with Crippen molar-refractivity contribution in [1.29, 1.82) is 0 Å². The molecule has 1 atom stereocenters. The van der Waals surface area contributed by atoms with Gasteiger partial charge in [0, 0.05) is 6.92 Å². The molecule has 0 aliphatic heterocycles. The van der Waals surface area contributed by atoms with E-state index in [1.165, 1.54) is 6.92 Å². The predicted molar refractivity (Wildman–Crippen MR) is 28.9 cm³/mol. The maximum Gasteiger partial charge on any atom is 0.217 e. The molecule has 4 nitrogen and oxygen atoms in total. The highest BCUT2D eigenvalue weighted by Gasteiger charge is 1.94. The number of carbonyl (C=O) groups is 1. The molecule has 0 aromatic rings.